The van der Waals surface area contributed by atoms with Crippen molar-refractivity contribution in [1.82, 2.24) is 4.98 Å². The summed E-state index contributed by atoms with van der Waals surface area (Å²) < 4.78 is 37.6. The van der Waals surface area contributed by atoms with Gasteiger partial charge < -0.3 is 14.1 Å². The van der Waals surface area contributed by atoms with E-state index in [1.165, 1.54) is 12.3 Å². The Bertz CT molecular complexity index is 1080. The Balaban J connectivity index is 1.32. The fraction of sp³-hybridized carbons (Fsp3) is 0.227. The molecular formula is C22H18F2N2O4. The number of hydrogen-bond acceptors (Lipinski definition) is 5. The van der Waals surface area contributed by atoms with E-state index in [4.69, 9.17) is 9.15 Å². The first kappa shape index (κ1) is 19.8. The average Bonchev–Trinajstić information content (AvgIpc) is 3.36. The number of rotatable bonds is 6. The van der Waals surface area contributed by atoms with Crippen LogP contribution in [-0.2, 0) is 16.0 Å². The van der Waals surface area contributed by atoms with Crippen molar-refractivity contribution in [2.75, 3.05) is 11.4 Å². The molecule has 1 fully saturated rings. The van der Waals surface area contributed by atoms with E-state index in [1.54, 1.807) is 29.2 Å². The Morgan fingerprint density at radius 1 is 1.17 bits per heavy atom. The molecule has 0 bridgehead atoms. The number of anilines is 1. The van der Waals surface area contributed by atoms with E-state index >= 15 is 0 Å². The van der Waals surface area contributed by atoms with Gasteiger partial charge in [-0.05, 0) is 42.8 Å². The maximum absolute atomic E-state index is 13.8. The van der Waals surface area contributed by atoms with Crippen LogP contribution in [0, 0.1) is 11.6 Å². The van der Waals surface area contributed by atoms with Gasteiger partial charge in [0.25, 0.3) is 0 Å². The first-order chi connectivity index (χ1) is 14.5. The summed E-state index contributed by atoms with van der Waals surface area (Å²) in [7, 11) is 0. The van der Waals surface area contributed by atoms with E-state index in [-0.39, 0.29) is 36.0 Å². The number of nitrogens with zero attached hydrogens (tertiary/aromatic N) is 2. The molecule has 0 atom stereocenters. The van der Waals surface area contributed by atoms with Crippen LogP contribution in [-0.4, -0.2) is 23.4 Å². The van der Waals surface area contributed by atoms with Crippen LogP contribution in [0.25, 0.3) is 11.3 Å². The van der Waals surface area contributed by atoms with Crippen LogP contribution in [0.3, 0.4) is 0 Å². The number of carbonyl (C=O) groups is 2. The minimum atomic E-state index is -0.754. The summed E-state index contributed by atoms with van der Waals surface area (Å²) in [6, 6.07) is 9.91. The Hall–Kier alpha value is -3.55. The number of oxazole rings is 1. The molecule has 2 aromatic carbocycles. The third-order valence-electron chi connectivity index (χ3n) is 4.75. The van der Waals surface area contributed by atoms with Crippen molar-refractivity contribution in [2.45, 2.75) is 25.7 Å². The highest BCUT2D eigenvalue weighted by Crippen LogP contribution is 2.26. The van der Waals surface area contributed by atoms with E-state index in [2.05, 4.69) is 4.98 Å². The topological polar surface area (TPSA) is 72.6 Å². The zero-order valence-electron chi connectivity index (χ0n) is 15.9. The van der Waals surface area contributed by atoms with Crippen molar-refractivity contribution >= 4 is 17.6 Å². The molecule has 0 saturated carbocycles. The summed E-state index contributed by atoms with van der Waals surface area (Å²) in [6.07, 6.45) is 2.90. The van der Waals surface area contributed by atoms with Crippen molar-refractivity contribution < 1.29 is 27.5 Å². The predicted molar refractivity (Wildman–Crippen MR) is 104 cm³/mol. The molecule has 0 spiro atoms. The van der Waals surface area contributed by atoms with Gasteiger partial charge in [-0.1, -0.05) is 0 Å². The van der Waals surface area contributed by atoms with Gasteiger partial charge in [-0.15, -0.1) is 0 Å². The van der Waals surface area contributed by atoms with Crippen molar-refractivity contribution in [3.8, 4) is 17.1 Å². The normalized spacial score (nSPS) is 13.7. The van der Waals surface area contributed by atoms with E-state index in [0.717, 1.165) is 24.2 Å². The number of aromatic nitrogens is 1. The fourth-order valence-corrected chi connectivity index (χ4v) is 3.25. The summed E-state index contributed by atoms with van der Waals surface area (Å²) in [6.45, 7) is 0.692. The maximum Gasteiger partial charge on any atom is 0.311 e. The van der Waals surface area contributed by atoms with Crippen LogP contribution in [0.5, 0.6) is 5.75 Å². The van der Waals surface area contributed by atoms with Gasteiger partial charge in [-0.3, -0.25) is 9.59 Å². The third kappa shape index (κ3) is 4.37. The molecule has 0 N–H and O–H groups in total. The number of carbonyl (C=O) groups excluding carboxylic acids is 2. The second-order valence-corrected chi connectivity index (χ2v) is 6.86. The van der Waals surface area contributed by atoms with Crippen LogP contribution in [0.15, 0.2) is 53.1 Å². The summed E-state index contributed by atoms with van der Waals surface area (Å²) in [5, 5.41) is 0. The molecule has 4 rings (SSSR count). The molecule has 30 heavy (non-hydrogen) atoms. The van der Waals surface area contributed by atoms with E-state index in [9.17, 15) is 18.4 Å². The fourth-order valence-electron chi connectivity index (χ4n) is 3.25. The molecule has 1 amide bonds. The SMILES string of the molecule is O=C(CCc1ncc(-c2ccc(F)cc2F)o1)Oc1ccc(N2CCCC2=O)cc1. The Kier molecular flexibility index (Phi) is 5.56. The number of amides is 1. The van der Waals surface area contributed by atoms with Gasteiger partial charge in [0, 0.05) is 31.1 Å². The number of aryl methyl sites for hydroxylation is 1. The molecule has 3 aromatic rings. The first-order valence-corrected chi connectivity index (χ1v) is 9.51. The zero-order chi connectivity index (χ0) is 21.1. The second kappa shape index (κ2) is 8.44. The number of hydrogen-bond donors (Lipinski definition) is 0. The molecule has 8 heteroatoms. The van der Waals surface area contributed by atoms with E-state index in [0.29, 0.717) is 18.7 Å². The molecule has 0 unspecified atom stereocenters. The van der Waals surface area contributed by atoms with Gasteiger partial charge in [-0.25, -0.2) is 13.8 Å². The summed E-state index contributed by atoms with van der Waals surface area (Å²) in [4.78, 5) is 29.6. The molecule has 1 aliphatic heterocycles. The first-order valence-electron chi connectivity index (χ1n) is 9.51. The second-order valence-electron chi connectivity index (χ2n) is 6.86. The van der Waals surface area contributed by atoms with Crippen LogP contribution >= 0.6 is 0 Å². The highest BCUT2D eigenvalue weighted by Gasteiger charge is 2.21. The molecule has 154 valence electrons. The lowest BCUT2D eigenvalue weighted by Crippen LogP contribution is -2.23. The Morgan fingerprint density at radius 3 is 2.67 bits per heavy atom. The molecule has 2 heterocycles. The van der Waals surface area contributed by atoms with Crippen molar-refractivity contribution in [3.05, 3.63) is 66.2 Å². The van der Waals surface area contributed by atoms with E-state index < -0.39 is 17.6 Å². The smallest absolute Gasteiger partial charge is 0.311 e. The number of halogens is 2. The number of esters is 1. The minimum absolute atomic E-state index is 0.0121. The summed E-state index contributed by atoms with van der Waals surface area (Å²) >= 11 is 0. The van der Waals surface area contributed by atoms with Gasteiger partial charge in [0.2, 0.25) is 5.91 Å². The maximum atomic E-state index is 13.8. The molecule has 0 radical (unpaired) electrons. The van der Waals surface area contributed by atoms with Gasteiger partial charge in [0.15, 0.2) is 11.7 Å². The van der Waals surface area contributed by atoms with Crippen molar-refractivity contribution in [2.24, 2.45) is 0 Å². The molecule has 0 aliphatic carbocycles. The lowest BCUT2D eigenvalue weighted by molar-refractivity contribution is -0.134. The summed E-state index contributed by atoms with van der Waals surface area (Å²) in [5.74, 6) is -1.05. The molecule has 1 saturated heterocycles. The molecule has 6 nitrogen and oxygen atoms in total. The molecular weight excluding hydrogens is 394 g/mol. The standard InChI is InChI=1S/C22H18F2N2O4/c23-14-3-8-17(18(24)12-14)19-13-25-20(30-19)9-10-22(28)29-16-6-4-15(5-7-16)26-11-1-2-21(26)27/h3-8,12-13H,1-2,9-11H2. The van der Waals surface area contributed by atoms with Gasteiger partial charge >= 0.3 is 5.97 Å². The van der Waals surface area contributed by atoms with Gasteiger partial charge in [0.05, 0.1) is 18.2 Å². The monoisotopic (exact) mass is 412 g/mol. The number of ether oxygens (including phenoxy) is 1. The quantitative estimate of drug-likeness (QED) is 0.446. The summed E-state index contributed by atoms with van der Waals surface area (Å²) in [5.41, 5.74) is 0.868. The Morgan fingerprint density at radius 2 is 1.97 bits per heavy atom. The largest absolute Gasteiger partial charge is 0.441 e. The lowest BCUT2D eigenvalue weighted by atomic mass is 10.2. The van der Waals surface area contributed by atoms with Crippen LogP contribution < -0.4 is 9.64 Å². The predicted octanol–water partition coefficient (Wildman–Crippen LogP) is 4.28. The van der Waals surface area contributed by atoms with E-state index in [1.807, 2.05) is 0 Å². The Labute approximate surface area is 171 Å². The zero-order valence-corrected chi connectivity index (χ0v) is 15.9. The van der Waals surface area contributed by atoms with Crippen molar-refractivity contribution in [3.63, 3.8) is 0 Å². The average molecular weight is 412 g/mol. The lowest BCUT2D eigenvalue weighted by Gasteiger charge is -2.15. The third-order valence-corrected chi connectivity index (χ3v) is 4.75. The minimum Gasteiger partial charge on any atom is -0.441 e. The molecule has 1 aliphatic rings. The van der Waals surface area contributed by atoms with Crippen LogP contribution in [0.1, 0.15) is 25.2 Å². The van der Waals surface area contributed by atoms with Crippen LogP contribution in [0.2, 0.25) is 0 Å². The molecule has 1 aromatic heterocycles. The highest BCUT2D eigenvalue weighted by atomic mass is 19.1. The number of benzene rings is 2. The highest BCUT2D eigenvalue weighted by molar-refractivity contribution is 5.95. The van der Waals surface area contributed by atoms with Crippen LogP contribution in [0.4, 0.5) is 14.5 Å². The van der Waals surface area contributed by atoms with Gasteiger partial charge in [-0.2, -0.15) is 0 Å². The van der Waals surface area contributed by atoms with Gasteiger partial charge in [0.1, 0.15) is 17.4 Å². The van der Waals surface area contributed by atoms with Crippen molar-refractivity contribution in [1.29, 1.82) is 0 Å².